The maximum Gasteiger partial charge on any atom is 0.169 e. The third kappa shape index (κ3) is 2.68. The number of anilines is 2. The van der Waals surface area contributed by atoms with E-state index in [2.05, 4.69) is 43.3 Å². The Kier molecular flexibility index (Phi) is 4.01. The summed E-state index contributed by atoms with van der Waals surface area (Å²) in [6.45, 7) is 3.99. The molecule has 0 saturated carbocycles. The number of benzene rings is 1. The van der Waals surface area contributed by atoms with E-state index in [1.54, 1.807) is 0 Å². The minimum atomic E-state index is 0.386. The van der Waals surface area contributed by atoms with Crippen molar-refractivity contribution >= 4 is 39.4 Å². The number of nitrogens with one attached hydrogen (secondary N) is 3. The van der Waals surface area contributed by atoms with Crippen LogP contribution >= 0.6 is 15.9 Å². The van der Waals surface area contributed by atoms with E-state index >= 15 is 0 Å². The highest BCUT2D eigenvalue weighted by atomic mass is 79.9. The van der Waals surface area contributed by atoms with Crippen LogP contribution in [0.4, 0.5) is 11.5 Å². The van der Waals surface area contributed by atoms with Crippen LogP contribution in [0, 0.1) is 0 Å². The van der Waals surface area contributed by atoms with Gasteiger partial charge in [0.05, 0.1) is 4.47 Å². The molecule has 0 atom stereocenters. The second-order valence-electron chi connectivity index (χ2n) is 3.82. The molecular weight excluding hydrogens is 308 g/mol. The van der Waals surface area contributed by atoms with Crippen molar-refractivity contribution in [3.05, 3.63) is 46.6 Å². The lowest BCUT2D eigenvalue weighted by Crippen LogP contribution is -2.02. The summed E-state index contributed by atoms with van der Waals surface area (Å²) in [5.74, 6) is 0.526. The van der Waals surface area contributed by atoms with Crippen LogP contribution < -0.4 is 10.6 Å². The van der Waals surface area contributed by atoms with Crippen molar-refractivity contribution in [3.63, 3.8) is 0 Å². The number of rotatable bonds is 5. The quantitative estimate of drug-likeness (QED) is 0.740. The Morgan fingerprint density at radius 2 is 2.21 bits per heavy atom. The molecule has 0 aliphatic carbocycles. The molecular formula is C13H13BrN4O. The summed E-state index contributed by atoms with van der Waals surface area (Å²) in [7, 11) is 1.85. The van der Waals surface area contributed by atoms with E-state index in [0.29, 0.717) is 28.0 Å². The van der Waals surface area contributed by atoms with Crippen molar-refractivity contribution in [1.82, 2.24) is 10.2 Å². The number of carbonyl (C=O) groups excluding carboxylic acids is 1. The SMILES string of the molecule is C=C(Nc1n[nH]c(C=O)c1Br)c1ccccc1NC. The van der Waals surface area contributed by atoms with Crippen molar-refractivity contribution in [2.24, 2.45) is 0 Å². The Morgan fingerprint density at radius 1 is 1.47 bits per heavy atom. The van der Waals surface area contributed by atoms with Crippen LogP contribution in [0.5, 0.6) is 0 Å². The number of H-pyrrole nitrogens is 1. The van der Waals surface area contributed by atoms with Gasteiger partial charge in [0.15, 0.2) is 12.1 Å². The summed E-state index contributed by atoms with van der Waals surface area (Å²) in [6.07, 6.45) is 0.701. The predicted octanol–water partition coefficient (Wildman–Crippen LogP) is 3.11. The van der Waals surface area contributed by atoms with Crippen molar-refractivity contribution in [1.29, 1.82) is 0 Å². The number of halogens is 1. The van der Waals surface area contributed by atoms with Crippen LogP contribution in [0.2, 0.25) is 0 Å². The zero-order valence-corrected chi connectivity index (χ0v) is 11.9. The smallest absolute Gasteiger partial charge is 0.169 e. The second-order valence-corrected chi connectivity index (χ2v) is 4.61. The van der Waals surface area contributed by atoms with Gasteiger partial charge in [0.1, 0.15) is 5.69 Å². The third-order valence-electron chi connectivity index (χ3n) is 2.64. The zero-order chi connectivity index (χ0) is 13.8. The van der Waals surface area contributed by atoms with Crippen LogP contribution in [0.25, 0.3) is 5.70 Å². The number of aromatic amines is 1. The molecule has 1 aromatic heterocycles. The lowest BCUT2D eigenvalue weighted by atomic mass is 10.1. The van der Waals surface area contributed by atoms with Gasteiger partial charge in [-0.2, -0.15) is 5.10 Å². The molecule has 1 heterocycles. The Hall–Kier alpha value is -2.08. The van der Waals surface area contributed by atoms with Crippen LogP contribution in [-0.2, 0) is 0 Å². The number of aromatic nitrogens is 2. The fourth-order valence-corrected chi connectivity index (χ4v) is 2.05. The summed E-state index contributed by atoms with van der Waals surface area (Å²) in [6, 6.07) is 7.78. The topological polar surface area (TPSA) is 69.8 Å². The van der Waals surface area contributed by atoms with E-state index < -0.39 is 0 Å². The Labute approximate surface area is 119 Å². The van der Waals surface area contributed by atoms with Gasteiger partial charge in [-0.3, -0.25) is 9.89 Å². The average molecular weight is 321 g/mol. The first-order chi connectivity index (χ1) is 9.17. The summed E-state index contributed by atoms with van der Waals surface area (Å²) < 4.78 is 0.589. The van der Waals surface area contributed by atoms with Gasteiger partial charge in [0.25, 0.3) is 0 Å². The molecule has 0 amide bonds. The molecule has 0 bridgehead atoms. The molecule has 0 unspecified atom stereocenters. The van der Waals surface area contributed by atoms with Crippen molar-refractivity contribution in [2.45, 2.75) is 0 Å². The van der Waals surface area contributed by atoms with Crippen molar-refractivity contribution in [3.8, 4) is 0 Å². The number of aldehydes is 1. The molecule has 0 fully saturated rings. The molecule has 2 rings (SSSR count). The van der Waals surface area contributed by atoms with E-state index in [9.17, 15) is 4.79 Å². The van der Waals surface area contributed by atoms with Gasteiger partial charge in [0.2, 0.25) is 0 Å². The van der Waals surface area contributed by atoms with Gasteiger partial charge in [-0.15, -0.1) is 0 Å². The van der Waals surface area contributed by atoms with Gasteiger partial charge < -0.3 is 10.6 Å². The summed E-state index contributed by atoms with van der Waals surface area (Å²) >= 11 is 3.30. The van der Waals surface area contributed by atoms with Gasteiger partial charge in [-0.1, -0.05) is 24.8 Å². The minimum absolute atomic E-state index is 0.386. The molecule has 0 aliphatic heterocycles. The van der Waals surface area contributed by atoms with Crippen molar-refractivity contribution < 1.29 is 4.79 Å². The molecule has 0 spiro atoms. The zero-order valence-electron chi connectivity index (χ0n) is 10.3. The summed E-state index contributed by atoms with van der Waals surface area (Å²) in [5.41, 5.74) is 2.97. The first-order valence-corrected chi connectivity index (χ1v) is 6.38. The van der Waals surface area contributed by atoms with Gasteiger partial charge in [-0.25, -0.2) is 0 Å². The highest BCUT2D eigenvalue weighted by Gasteiger charge is 2.12. The van der Waals surface area contributed by atoms with E-state index in [1.165, 1.54) is 0 Å². The average Bonchev–Trinajstić information content (AvgIpc) is 2.79. The van der Waals surface area contributed by atoms with E-state index in [-0.39, 0.29) is 0 Å². The van der Waals surface area contributed by atoms with Crippen LogP contribution in [-0.4, -0.2) is 23.5 Å². The van der Waals surface area contributed by atoms with Crippen LogP contribution in [0.15, 0.2) is 35.3 Å². The standard InChI is InChI=1S/C13H13BrN4O/c1-8(9-5-3-4-6-10(9)15-2)16-13-12(14)11(7-19)17-18-13/h3-7,15H,1H2,2H3,(H2,16,17,18). The van der Waals surface area contributed by atoms with E-state index in [0.717, 1.165) is 11.3 Å². The van der Waals surface area contributed by atoms with Crippen molar-refractivity contribution in [2.75, 3.05) is 17.7 Å². The summed E-state index contributed by atoms with van der Waals surface area (Å²) in [5, 5.41) is 12.8. The Bertz CT molecular complexity index is 621. The normalized spacial score (nSPS) is 10.0. The minimum Gasteiger partial charge on any atom is -0.388 e. The predicted molar refractivity (Wildman–Crippen MR) is 80.3 cm³/mol. The number of para-hydroxylation sites is 1. The molecule has 19 heavy (non-hydrogen) atoms. The first kappa shape index (κ1) is 13.4. The van der Waals surface area contributed by atoms with Gasteiger partial charge in [-0.05, 0) is 22.0 Å². The number of hydrogen-bond donors (Lipinski definition) is 3. The molecule has 0 radical (unpaired) electrons. The number of hydrogen-bond acceptors (Lipinski definition) is 4. The van der Waals surface area contributed by atoms with Gasteiger partial charge >= 0.3 is 0 Å². The molecule has 3 N–H and O–H groups in total. The maximum absolute atomic E-state index is 10.7. The lowest BCUT2D eigenvalue weighted by molar-refractivity contribution is 0.111. The third-order valence-corrected chi connectivity index (χ3v) is 3.44. The number of carbonyl (C=O) groups is 1. The first-order valence-electron chi connectivity index (χ1n) is 5.59. The maximum atomic E-state index is 10.7. The molecule has 0 saturated heterocycles. The largest absolute Gasteiger partial charge is 0.388 e. The molecule has 98 valence electrons. The Morgan fingerprint density at radius 3 is 2.84 bits per heavy atom. The molecule has 2 aromatic rings. The molecule has 1 aromatic carbocycles. The monoisotopic (exact) mass is 320 g/mol. The molecule has 0 aliphatic rings. The second kappa shape index (κ2) is 5.71. The fourth-order valence-electron chi connectivity index (χ4n) is 1.68. The highest BCUT2D eigenvalue weighted by Crippen LogP contribution is 2.28. The lowest BCUT2D eigenvalue weighted by Gasteiger charge is -2.12. The van der Waals surface area contributed by atoms with Crippen LogP contribution in [0.1, 0.15) is 16.1 Å². The molecule has 5 nitrogen and oxygen atoms in total. The summed E-state index contributed by atoms with van der Waals surface area (Å²) in [4.78, 5) is 10.7. The van der Waals surface area contributed by atoms with Gasteiger partial charge in [0, 0.05) is 24.0 Å². The van der Waals surface area contributed by atoms with E-state index in [1.807, 2.05) is 31.3 Å². The highest BCUT2D eigenvalue weighted by molar-refractivity contribution is 9.10. The van der Waals surface area contributed by atoms with E-state index in [4.69, 9.17) is 0 Å². The molecule has 6 heteroatoms. The number of nitrogens with zero attached hydrogens (tertiary/aromatic N) is 1. The Balaban J connectivity index is 2.25. The van der Waals surface area contributed by atoms with Crippen LogP contribution in [0.3, 0.4) is 0 Å². The fraction of sp³-hybridized carbons (Fsp3) is 0.0769.